The second kappa shape index (κ2) is 5.95. The van der Waals surface area contributed by atoms with Gasteiger partial charge in [-0.05, 0) is 37.0 Å². The maximum atomic E-state index is 9.16. The van der Waals surface area contributed by atoms with Gasteiger partial charge in [0, 0.05) is 34.0 Å². The summed E-state index contributed by atoms with van der Waals surface area (Å²) in [6.07, 6.45) is 7.05. The summed E-state index contributed by atoms with van der Waals surface area (Å²) < 4.78 is 0. The molecule has 0 aliphatic heterocycles. The maximum Gasteiger partial charge on any atom is 0.163 e. The number of thiophene rings is 1. The van der Waals surface area contributed by atoms with E-state index in [1.807, 2.05) is 12.1 Å². The molecular weight excluding hydrogens is 314 g/mol. The molecule has 3 heterocycles. The van der Waals surface area contributed by atoms with Gasteiger partial charge in [-0.3, -0.25) is 4.98 Å². The average molecular weight is 329 g/mol. The number of thioether (sulfide) groups is 1. The predicted molar refractivity (Wildman–Crippen MR) is 90.5 cm³/mol. The topological polar surface area (TPSA) is 58.9 Å². The molecule has 0 saturated heterocycles. The van der Waals surface area contributed by atoms with Gasteiger partial charge in [-0.2, -0.15) is 0 Å². The number of pyridine rings is 1. The lowest BCUT2D eigenvalue weighted by Gasteiger charge is -2.06. The molecule has 0 atom stereocenters. The van der Waals surface area contributed by atoms with Crippen LogP contribution in [0.4, 0.5) is 0 Å². The summed E-state index contributed by atoms with van der Waals surface area (Å²) in [5, 5.41) is 11.4. The SMILES string of the molecule is OCCSc1nc(-c2cccnc2)nc2sc3c(c12)CCC3. The third kappa shape index (κ3) is 2.41. The van der Waals surface area contributed by atoms with Crippen molar-refractivity contribution >= 4 is 33.3 Å². The quantitative estimate of drug-likeness (QED) is 0.588. The first-order chi connectivity index (χ1) is 10.9. The Balaban J connectivity index is 1.90. The van der Waals surface area contributed by atoms with Crippen molar-refractivity contribution in [2.75, 3.05) is 12.4 Å². The van der Waals surface area contributed by atoms with Crippen molar-refractivity contribution < 1.29 is 5.11 Å². The van der Waals surface area contributed by atoms with E-state index in [1.54, 1.807) is 35.5 Å². The van der Waals surface area contributed by atoms with E-state index in [1.165, 1.54) is 22.2 Å². The van der Waals surface area contributed by atoms with Gasteiger partial charge < -0.3 is 5.11 Å². The summed E-state index contributed by atoms with van der Waals surface area (Å²) in [5.41, 5.74) is 2.36. The second-order valence-electron chi connectivity index (χ2n) is 5.20. The number of aromatic nitrogens is 3. The summed E-state index contributed by atoms with van der Waals surface area (Å²) in [6, 6.07) is 3.88. The number of aliphatic hydroxyl groups is 1. The first-order valence-corrected chi connectivity index (χ1v) is 9.13. The number of fused-ring (bicyclic) bond motifs is 3. The molecule has 0 radical (unpaired) electrons. The number of aliphatic hydroxyl groups excluding tert-OH is 1. The van der Waals surface area contributed by atoms with Gasteiger partial charge in [0.25, 0.3) is 0 Å². The Morgan fingerprint density at radius 1 is 1.27 bits per heavy atom. The molecule has 1 N–H and O–H groups in total. The lowest BCUT2D eigenvalue weighted by Crippen LogP contribution is -1.95. The highest BCUT2D eigenvalue weighted by molar-refractivity contribution is 7.99. The summed E-state index contributed by atoms with van der Waals surface area (Å²) in [7, 11) is 0. The summed E-state index contributed by atoms with van der Waals surface area (Å²) in [6.45, 7) is 0.157. The van der Waals surface area contributed by atoms with Crippen molar-refractivity contribution in [2.45, 2.75) is 24.3 Å². The first kappa shape index (κ1) is 14.1. The van der Waals surface area contributed by atoms with Crippen molar-refractivity contribution in [1.29, 1.82) is 0 Å². The Morgan fingerprint density at radius 3 is 3.05 bits per heavy atom. The van der Waals surface area contributed by atoms with Gasteiger partial charge in [0.15, 0.2) is 5.82 Å². The molecule has 0 unspecified atom stereocenters. The second-order valence-corrected chi connectivity index (χ2v) is 7.37. The zero-order valence-electron chi connectivity index (χ0n) is 12.0. The van der Waals surface area contributed by atoms with Crippen LogP contribution in [0.1, 0.15) is 16.9 Å². The van der Waals surface area contributed by atoms with Gasteiger partial charge >= 0.3 is 0 Å². The van der Waals surface area contributed by atoms with Gasteiger partial charge in [0.1, 0.15) is 9.86 Å². The molecule has 3 aromatic heterocycles. The zero-order chi connectivity index (χ0) is 14.9. The van der Waals surface area contributed by atoms with Crippen LogP contribution in [0.5, 0.6) is 0 Å². The van der Waals surface area contributed by atoms with Crippen LogP contribution in [0.2, 0.25) is 0 Å². The number of hydrogen-bond acceptors (Lipinski definition) is 6. The minimum absolute atomic E-state index is 0.157. The van der Waals surface area contributed by atoms with Crippen molar-refractivity contribution in [2.24, 2.45) is 0 Å². The molecule has 4 nitrogen and oxygen atoms in total. The number of rotatable bonds is 4. The van der Waals surface area contributed by atoms with E-state index in [4.69, 9.17) is 15.1 Å². The van der Waals surface area contributed by atoms with Crippen molar-refractivity contribution in [3.05, 3.63) is 35.0 Å². The minimum atomic E-state index is 0.157. The summed E-state index contributed by atoms with van der Waals surface area (Å²) in [4.78, 5) is 16.2. The van der Waals surface area contributed by atoms with Gasteiger partial charge in [-0.25, -0.2) is 9.97 Å². The van der Waals surface area contributed by atoms with Crippen LogP contribution in [0, 0.1) is 0 Å². The number of aryl methyl sites for hydroxylation is 2. The fraction of sp³-hybridized carbons (Fsp3) is 0.312. The Bertz CT molecular complexity index is 817. The molecule has 4 rings (SSSR count). The Kier molecular flexibility index (Phi) is 3.82. The van der Waals surface area contributed by atoms with Gasteiger partial charge in [-0.1, -0.05) is 0 Å². The van der Waals surface area contributed by atoms with Crippen molar-refractivity contribution in [1.82, 2.24) is 15.0 Å². The Morgan fingerprint density at radius 2 is 2.23 bits per heavy atom. The normalized spacial score (nSPS) is 13.7. The molecule has 22 heavy (non-hydrogen) atoms. The third-order valence-electron chi connectivity index (χ3n) is 3.78. The molecule has 112 valence electrons. The fourth-order valence-electron chi connectivity index (χ4n) is 2.83. The summed E-state index contributed by atoms with van der Waals surface area (Å²) in [5.74, 6) is 1.38. The van der Waals surface area contributed by atoms with E-state index in [0.29, 0.717) is 5.75 Å². The fourth-order valence-corrected chi connectivity index (χ4v) is 4.96. The van der Waals surface area contributed by atoms with Crippen molar-refractivity contribution in [3.8, 4) is 11.4 Å². The van der Waals surface area contributed by atoms with Crippen LogP contribution >= 0.6 is 23.1 Å². The number of nitrogens with zero attached hydrogens (tertiary/aromatic N) is 3. The maximum absolute atomic E-state index is 9.16. The molecule has 0 spiro atoms. The van der Waals surface area contributed by atoms with Crippen LogP contribution in [-0.2, 0) is 12.8 Å². The third-order valence-corrected chi connectivity index (χ3v) is 5.92. The molecule has 0 saturated carbocycles. The average Bonchev–Trinajstić information content (AvgIpc) is 3.13. The molecule has 1 aliphatic carbocycles. The molecule has 0 bridgehead atoms. The molecule has 0 aromatic carbocycles. The van der Waals surface area contributed by atoms with Crippen LogP contribution < -0.4 is 0 Å². The largest absolute Gasteiger partial charge is 0.396 e. The van der Waals surface area contributed by atoms with Crippen molar-refractivity contribution in [3.63, 3.8) is 0 Å². The van der Waals surface area contributed by atoms with E-state index in [2.05, 4.69) is 4.98 Å². The number of hydrogen-bond donors (Lipinski definition) is 1. The van der Waals surface area contributed by atoms with Gasteiger partial charge in [0.05, 0.1) is 6.61 Å². The lowest BCUT2D eigenvalue weighted by atomic mass is 10.2. The lowest BCUT2D eigenvalue weighted by molar-refractivity contribution is 0.322. The smallest absolute Gasteiger partial charge is 0.163 e. The Labute approximate surface area is 136 Å². The highest BCUT2D eigenvalue weighted by Gasteiger charge is 2.22. The van der Waals surface area contributed by atoms with Crippen LogP contribution in [0.25, 0.3) is 21.6 Å². The highest BCUT2D eigenvalue weighted by atomic mass is 32.2. The van der Waals surface area contributed by atoms with Crippen LogP contribution in [0.3, 0.4) is 0 Å². The minimum Gasteiger partial charge on any atom is -0.396 e. The molecule has 3 aromatic rings. The van der Waals surface area contributed by atoms with E-state index < -0.39 is 0 Å². The van der Waals surface area contributed by atoms with Gasteiger partial charge in [0.2, 0.25) is 0 Å². The molecule has 0 amide bonds. The van der Waals surface area contributed by atoms with E-state index in [-0.39, 0.29) is 6.61 Å². The van der Waals surface area contributed by atoms with E-state index in [0.717, 1.165) is 34.1 Å². The zero-order valence-corrected chi connectivity index (χ0v) is 13.6. The molecule has 6 heteroatoms. The monoisotopic (exact) mass is 329 g/mol. The highest BCUT2D eigenvalue weighted by Crippen LogP contribution is 2.41. The van der Waals surface area contributed by atoms with Gasteiger partial charge in [-0.15, -0.1) is 23.1 Å². The molecule has 0 fully saturated rings. The summed E-state index contributed by atoms with van der Waals surface area (Å²) >= 11 is 3.41. The van der Waals surface area contributed by atoms with Crippen LogP contribution in [-0.4, -0.2) is 32.4 Å². The first-order valence-electron chi connectivity index (χ1n) is 7.33. The standard InChI is InChI=1S/C16H15N3OS2/c20-7-8-21-15-13-11-4-1-5-12(11)22-16(13)19-14(18-15)10-3-2-6-17-9-10/h2-3,6,9,20H,1,4-5,7-8H2. The van der Waals surface area contributed by atoms with Crippen LogP contribution in [0.15, 0.2) is 29.6 Å². The predicted octanol–water partition coefficient (Wildman–Crippen LogP) is 3.33. The molecular formula is C16H15N3OS2. The van der Waals surface area contributed by atoms with E-state index in [9.17, 15) is 0 Å². The Hall–Kier alpha value is -1.50. The molecule has 1 aliphatic rings. The van der Waals surface area contributed by atoms with E-state index >= 15 is 0 Å².